The molecule has 0 saturated carbocycles. The van der Waals surface area contributed by atoms with Crippen LogP contribution in [0.5, 0.6) is 0 Å². The average molecular weight is 795 g/mol. The molecule has 0 bridgehead atoms. The number of rotatable bonds is 19. The number of imidazole rings is 1. The summed E-state index contributed by atoms with van der Waals surface area (Å²) in [6.45, 7) is 1.15. The molecule has 0 aliphatic carbocycles. The molecule has 1 aromatic rings. The highest BCUT2D eigenvalue weighted by Gasteiger charge is 2.30. The quantitative estimate of drug-likeness (QED) is 0.0296. The van der Waals surface area contributed by atoms with E-state index in [-0.39, 0.29) is 35.3 Å². The van der Waals surface area contributed by atoms with Crippen LogP contribution in [0, 0.1) is 0 Å². The second-order valence-electron chi connectivity index (χ2n) is 8.83. The summed E-state index contributed by atoms with van der Waals surface area (Å²) in [6.07, 6.45) is -8.70. The van der Waals surface area contributed by atoms with E-state index in [9.17, 15) is 35.4 Å². The Morgan fingerprint density at radius 1 is 0.884 bits per heavy atom. The number of hydrogen-bond donors (Lipinski definition) is 12. The number of halogens is 4. The third kappa shape index (κ3) is 20.1. The molecule has 43 heavy (non-hydrogen) atoms. The number of nitrogens with one attached hydrogen (secondary N) is 3. The van der Waals surface area contributed by atoms with E-state index in [2.05, 4.69) is 62.8 Å². The van der Waals surface area contributed by atoms with Crippen molar-refractivity contribution in [3.63, 3.8) is 0 Å². The van der Waals surface area contributed by atoms with E-state index in [0.717, 1.165) is 0 Å². The van der Waals surface area contributed by atoms with Crippen LogP contribution in [-0.4, -0.2) is 173 Å². The number of hydrogen-bond acceptors (Lipinski definition) is 14. The van der Waals surface area contributed by atoms with Crippen LogP contribution in [0.15, 0.2) is 16.7 Å². The highest BCUT2D eigenvalue weighted by atomic mass is 79.9. The van der Waals surface area contributed by atoms with Crippen molar-refractivity contribution in [3.8, 4) is 0 Å². The van der Waals surface area contributed by atoms with E-state index in [0.29, 0.717) is 24.8 Å². The van der Waals surface area contributed by atoms with E-state index in [4.69, 9.17) is 39.1 Å². The molecule has 21 heteroatoms. The minimum Gasteiger partial charge on any atom is -0.389 e. The van der Waals surface area contributed by atoms with Crippen LogP contribution in [0.25, 0.3) is 0 Å². The summed E-state index contributed by atoms with van der Waals surface area (Å²) >= 11 is 16.7. The zero-order chi connectivity index (χ0) is 33.5. The number of alkyl halides is 4. The van der Waals surface area contributed by atoms with Crippen LogP contribution in [0.3, 0.4) is 0 Å². The maximum Gasteiger partial charge on any atom is 0.271 e. The monoisotopic (exact) mass is 792 g/mol. The number of aliphatic hydroxyl groups is 8. The van der Waals surface area contributed by atoms with Crippen LogP contribution >= 0.6 is 55.1 Å². The van der Waals surface area contributed by atoms with E-state index in [1.807, 2.05) is 0 Å². The molecule has 0 saturated heterocycles. The van der Waals surface area contributed by atoms with Gasteiger partial charge in [-0.05, 0) is 0 Å². The van der Waals surface area contributed by atoms with E-state index in [1.54, 1.807) is 14.1 Å². The molecule has 1 amide bonds. The van der Waals surface area contributed by atoms with Gasteiger partial charge in [0, 0.05) is 62.7 Å². The van der Waals surface area contributed by atoms with Crippen molar-refractivity contribution in [1.29, 1.82) is 0 Å². The Kier molecular flexibility index (Phi) is 27.3. The van der Waals surface area contributed by atoms with Gasteiger partial charge in [0.05, 0.1) is 30.7 Å². The first-order valence-electron chi connectivity index (χ1n) is 12.7. The van der Waals surface area contributed by atoms with E-state index < -0.39 is 54.7 Å². The molecule has 0 aromatic carbocycles. The number of aliphatic hydroxyl groups excluding tert-OH is 8. The Hall–Kier alpha value is -0.780. The van der Waals surface area contributed by atoms with Crippen molar-refractivity contribution < 1.29 is 45.6 Å². The van der Waals surface area contributed by atoms with Gasteiger partial charge in [0.25, 0.3) is 5.91 Å². The summed E-state index contributed by atoms with van der Waals surface area (Å²) in [5.41, 5.74) is 5.12. The summed E-state index contributed by atoms with van der Waals surface area (Å²) in [5.74, 6) is 0.405. The number of nitrogens with zero attached hydrogens (tertiary/aromatic N) is 4. The Bertz CT molecular complexity index is 835. The number of aromatic amines is 1. The fourth-order valence-corrected chi connectivity index (χ4v) is 3.68. The van der Waals surface area contributed by atoms with Gasteiger partial charge in [-0.2, -0.15) is 0 Å². The Morgan fingerprint density at radius 2 is 1.28 bits per heavy atom. The summed E-state index contributed by atoms with van der Waals surface area (Å²) in [6, 6.07) is 0. The second-order valence-corrected chi connectivity index (χ2v) is 10.9. The van der Waals surface area contributed by atoms with Gasteiger partial charge in [0.15, 0.2) is 11.5 Å². The van der Waals surface area contributed by atoms with Crippen molar-refractivity contribution in [2.75, 3.05) is 62.7 Å². The molecule has 1 heterocycles. The zero-order valence-corrected chi connectivity index (χ0v) is 28.4. The second kappa shape index (κ2) is 26.4. The van der Waals surface area contributed by atoms with Crippen molar-refractivity contribution in [2.24, 2.45) is 16.1 Å². The molecule has 0 radical (unpaired) electrons. The van der Waals surface area contributed by atoms with Crippen LogP contribution in [0.1, 0.15) is 10.5 Å². The lowest BCUT2D eigenvalue weighted by Gasteiger charge is -2.26. The molecule has 0 spiro atoms. The van der Waals surface area contributed by atoms with Crippen LogP contribution in [-0.2, 0) is 0 Å². The SMILES string of the molecule is CN(C)/N=N/c1[nH]cnc1C(N)=O.O[C@@H]([C@H](O)[C@H](O)CBr)[C@H](O)CBr.O[C@@H]([C@H](O)[C@H](O)CNCCCl)[C@H](O)CNCCCl. The Labute approximate surface area is 276 Å². The van der Waals surface area contributed by atoms with Gasteiger partial charge in [0.1, 0.15) is 24.4 Å². The number of carbonyl (C=O) groups excluding carboxylic acids is 1. The summed E-state index contributed by atoms with van der Waals surface area (Å²) in [4.78, 5) is 17.1. The number of aromatic nitrogens is 2. The number of H-pyrrole nitrogens is 1. The number of amides is 1. The maximum atomic E-state index is 10.8. The first kappa shape index (κ1) is 44.3. The molecular formula is C22H44Br2Cl2N8O9. The van der Waals surface area contributed by atoms with Gasteiger partial charge in [-0.1, -0.05) is 37.1 Å². The van der Waals surface area contributed by atoms with Gasteiger partial charge < -0.3 is 62.2 Å². The van der Waals surface area contributed by atoms with Gasteiger partial charge >= 0.3 is 0 Å². The minimum atomic E-state index is -1.43. The molecule has 17 nitrogen and oxygen atoms in total. The summed E-state index contributed by atoms with van der Waals surface area (Å²) in [5, 5.41) is 89.6. The van der Waals surface area contributed by atoms with Crippen LogP contribution in [0.2, 0.25) is 0 Å². The largest absolute Gasteiger partial charge is 0.389 e. The molecule has 254 valence electrons. The Morgan fingerprint density at radius 3 is 1.60 bits per heavy atom. The number of primary amides is 1. The minimum absolute atomic E-state index is 0.0885. The zero-order valence-electron chi connectivity index (χ0n) is 23.7. The normalized spacial score (nSPS) is 16.9. The predicted molar refractivity (Wildman–Crippen MR) is 168 cm³/mol. The fraction of sp³-hybridized carbons (Fsp3) is 0.818. The van der Waals surface area contributed by atoms with Gasteiger partial charge in [-0.3, -0.25) is 9.80 Å². The molecule has 0 unspecified atom stereocenters. The van der Waals surface area contributed by atoms with Gasteiger partial charge in [0.2, 0.25) is 0 Å². The first-order valence-corrected chi connectivity index (χ1v) is 16.0. The molecule has 0 fully saturated rings. The van der Waals surface area contributed by atoms with Crippen LogP contribution in [0.4, 0.5) is 5.82 Å². The Balaban J connectivity index is 0. The molecular weight excluding hydrogens is 751 g/mol. The lowest BCUT2D eigenvalue weighted by atomic mass is 10.0. The highest BCUT2D eigenvalue weighted by Crippen LogP contribution is 2.13. The number of carbonyl (C=O) groups is 1. The van der Waals surface area contributed by atoms with E-state index in [1.165, 1.54) is 11.3 Å². The molecule has 13 N–H and O–H groups in total. The average Bonchev–Trinajstić information content (AvgIpc) is 3.47. The van der Waals surface area contributed by atoms with Crippen molar-refractivity contribution >= 4 is 66.8 Å². The summed E-state index contributed by atoms with van der Waals surface area (Å²) in [7, 11) is 3.42. The van der Waals surface area contributed by atoms with Crippen molar-refractivity contribution in [1.82, 2.24) is 25.6 Å². The van der Waals surface area contributed by atoms with Gasteiger partial charge in [-0.25, -0.2) is 4.98 Å². The molecule has 1 aromatic heterocycles. The first-order chi connectivity index (χ1) is 20.2. The standard InChI is InChI=1S/C10H22Cl2N2O4.C6H12Br2O4.C6H10N6O/c11-1-3-13-5-7(15)9(17)10(18)8(16)6-14-4-2-12;7-1-3(9)5(11)6(12)4(10)2-8;1-12(2)11-10-6-4(5(7)13)8-3-9-6/h7-10,13-18H,1-6H2;3-6,9-12H,1-2H2;3H,1-2H3,(H2,7,13)(H,8,9)/b;;11-10+/t7-,8-,9-,10-;3-,4-,5-,6-;/m11./s1. The van der Waals surface area contributed by atoms with Crippen molar-refractivity contribution in [3.05, 3.63) is 12.0 Å². The fourth-order valence-electron chi connectivity index (χ4n) is 2.65. The highest BCUT2D eigenvalue weighted by molar-refractivity contribution is 9.09. The third-order valence-electron chi connectivity index (χ3n) is 5.02. The lowest BCUT2D eigenvalue weighted by molar-refractivity contribution is -0.102. The molecule has 0 aliphatic rings. The van der Waals surface area contributed by atoms with Crippen molar-refractivity contribution in [2.45, 2.75) is 48.8 Å². The van der Waals surface area contributed by atoms with E-state index >= 15 is 0 Å². The summed E-state index contributed by atoms with van der Waals surface area (Å²) < 4.78 is 0. The molecule has 8 atom stereocenters. The smallest absolute Gasteiger partial charge is 0.271 e. The topological polar surface area (TPSA) is 286 Å². The third-order valence-corrected chi connectivity index (χ3v) is 6.72. The molecule has 0 aliphatic heterocycles. The lowest BCUT2D eigenvalue weighted by Crippen LogP contribution is -2.50. The predicted octanol–water partition coefficient (Wildman–Crippen LogP) is -2.62. The molecule has 1 rings (SSSR count). The maximum absolute atomic E-state index is 10.8. The van der Waals surface area contributed by atoms with Gasteiger partial charge in [-0.15, -0.1) is 28.3 Å². The van der Waals surface area contributed by atoms with Crippen LogP contribution < -0.4 is 16.4 Å². The number of nitrogens with two attached hydrogens (primary N) is 1.